The molecule has 4 aromatic heterocycles. The summed E-state index contributed by atoms with van der Waals surface area (Å²) in [5.74, 6) is -13.7. The Kier molecular flexibility index (Phi) is 38.4. The maximum absolute atomic E-state index is 14.2. The van der Waals surface area contributed by atoms with E-state index in [1.165, 1.54) is 108 Å². The second-order valence-corrected chi connectivity index (χ2v) is 26.4. The summed E-state index contributed by atoms with van der Waals surface area (Å²) < 4.78 is 90.6. The van der Waals surface area contributed by atoms with Gasteiger partial charge in [-0.1, -0.05) is 170 Å². The van der Waals surface area contributed by atoms with Crippen LogP contribution in [0.15, 0.2) is 236 Å². The van der Waals surface area contributed by atoms with Gasteiger partial charge in [-0.05, 0) is 83.6 Å². The van der Waals surface area contributed by atoms with Gasteiger partial charge in [0.25, 0.3) is 35.3 Å². The number of aromatic nitrogens is 4. The highest BCUT2D eigenvalue weighted by atomic mass is 35.5. The lowest BCUT2D eigenvalue weighted by atomic mass is 10.0. The van der Waals surface area contributed by atoms with Gasteiger partial charge in [0, 0.05) is 75.8 Å². The van der Waals surface area contributed by atoms with Crippen LogP contribution in [0.1, 0.15) is 95.0 Å². The van der Waals surface area contributed by atoms with Crippen LogP contribution in [0, 0.1) is 51.0 Å². The molecule has 0 aliphatic heterocycles. The number of benzene rings is 8. The Morgan fingerprint density at radius 3 is 0.936 bits per heavy atom. The number of aryl methyl sites for hydroxylation is 4. The lowest BCUT2D eigenvalue weighted by molar-refractivity contribution is -0.152. The summed E-state index contributed by atoms with van der Waals surface area (Å²) in [5.41, 5.74) is 9.22. The van der Waals surface area contributed by atoms with Crippen LogP contribution in [-0.2, 0) is 73.5 Å². The number of nitrogens with zero attached hydrogens (tertiary/aromatic N) is 4. The zero-order valence-electron chi connectivity index (χ0n) is 67.9. The molecule has 36 heteroatoms. The third-order valence-corrected chi connectivity index (χ3v) is 17.3. The van der Waals surface area contributed by atoms with E-state index < -0.39 is 125 Å². The summed E-state index contributed by atoms with van der Waals surface area (Å²) in [7, 11) is 3.45. The molecular formula is C89H85ClF4N8O23. The van der Waals surface area contributed by atoms with Crippen LogP contribution < -0.4 is 21.7 Å². The SMILES string of the molecule is CC(=O)O.COC(=O)C(=O)C(Cc1ccccc1)NC(=O)c1oc(C)nc1-c1ccccc1F.COC(=O)C(O)C(Cc1ccccc1)NC(=O)c1oc(C)nc1-c1ccccc1F.COC(=O)C(O)C(N)Cc1ccccc1.Cc1nc(-c2ccccc2F)c(C(=O)NC(Cc2ccccc2)C(=O)C(=O)O)o1.Cc1nc(-c2ccccc2F)c(C(=O)O)o1.Cl. The van der Waals surface area contributed by atoms with E-state index in [2.05, 4.69) is 50.1 Å². The third kappa shape index (κ3) is 29.2. The fraction of sp³-hybridized carbons (Fsp3) is 0.202. The first kappa shape index (κ1) is 98.9. The average Bonchev–Trinajstić information content (AvgIpc) is 1.69. The Bertz CT molecular complexity index is 5680. The lowest BCUT2D eigenvalue weighted by Gasteiger charge is -2.22. The van der Waals surface area contributed by atoms with Crippen molar-refractivity contribution in [1.82, 2.24) is 35.9 Å². The van der Waals surface area contributed by atoms with E-state index >= 15 is 0 Å². The van der Waals surface area contributed by atoms with Crippen LogP contribution in [0.2, 0.25) is 0 Å². The van der Waals surface area contributed by atoms with Crippen molar-refractivity contribution in [3.63, 3.8) is 0 Å². The Balaban J connectivity index is 0.000000244. The zero-order chi connectivity index (χ0) is 90.9. The van der Waals surface area contributed by atoms with E-state index in [-0.39, 0.29) is 123 Å². The van der Waals surface area contributed by atoms with Crippen molar-refractivity contribution in [2.24, 2.45) is 5.73 Å². The third-order valence-electron chi connectivity index (χ3n) is 17.3. The number of ether oxygens (including phenoxy) is 3. The number of carbonyl (C=O) groups excluding carboxylic acids is 8. The van der Waals surface area contributed by atoms with Crippen LogP contribution in [0.25, 0.3) is 45.0 Å². The lowest BCUT2D eigenvalue weighted by Crippen LogP contribution is -2.48. The molecule has 0 bridgehead atoms. The number of carboxylic acid groups (broad SMARTS) is 3. The summed E-state index contributed by atoms with van der Waals surface area (Å²) in [4.78, 5) is 145. The minimum atomic E-state index is -1.67. The molecule has 0 spiro atoms. The second kappa shape index (κ2) is 48.5. The molecule has 10 N–H and O–H groups in total. The van der Waals surface area contributed by atoms with Gasteiger partial charge in [-0.25, -0.2) is 61.5 Å². The molecule has 8 aromatic carbocycles. The molecule has 12 rings (SSSR count). The van der Waals surface area contributed by atoms with Gasteiger partial charge in [-0.3, -0.25) is 28.8 Å². The van der Waals surface area contributed by atoms with E-state index in [4.69, 9.17) is 43.5 Å². The van der Waals surface area contributed by atoms with Crippen LogP contribution in [0.3, 0.4) is 0 Å². The van der Waals surface area contributed by atoms with Gasteiger partial charge in [0.1, 0.15) is 58.1 Å². The van der Waals surface area contributed by atoms with Crippen molar-refractivity contribution in [3.8, 4) is 45.0 Å². The number of aliphatic carboxylic acids is 2. The number of rotatable bonds is 27. The van der Waals surface area contributed by atoms with Crippen molar-refractivity contribution < 1.29 is 128 Å². The van der Waals surface area contributed by atoms with E-state index in [0.29, 0.717) is 12.0 Å². The number of amides is 3. The zero-order valence-corrected chi connectivity index (χ0v) is 68.8. The molecule has 0 fully saturated rings. The number of Topliss-reactive ketones (excluding diaryl/α,β-unsaturated/α-hetero) is 2. The smallest absolute Gasteiger partial charge is 0.376 e. The van der Waals surface area contributed by atoms with Gasteiger partial charge in [0.15, 0.2) is 35.8 Å². The highest BCUT2D eigenvalue weighted by Gasteiger charge is 2.36. The number of esters is 3. The number of aliphatic hydroxyl groups excluding tert-OH is 2. The van der Waals surface area contributed by atoms with Crippen LogP contribution in [0.5, 0.6) is 0 Å². The number of oxazole rings is 4. The molecule has 6 unspecified atom stereocenters. The molecule has 0 aliphatic rings. The predicted octanol–water partition coefficient (Wildman–Crippen LogP) is 11.4. The normalized spacial score (nSPS) is 11.8. The fourth-order valence-corrected chi connectivity index (χ4v) is 11.5. The number of halogens is 5. The number of aromatic carboxylic acids is 1. The number of hydrogen-bond donors (Lipinski definition) is 9. The average molecular weight is 1750 g/mol. The first-order valence-electron chi connectivity index (χ1n) is 37.2. The quantitative estimate of drug-likeness (QED) is 0.00999. The molecule has 654 valence electrons. The minimum Gasteiger partial charge on any atom is -0.481 e. The highest BCUT2D eigenvalue weighted by molar-refractivity contribution is 6.36. The summed E-state index contributed by atoms with van der Waals surface area (Å²) in [6, 6.07) is 55.0. The van der Waals surface area contributed by atoms with Gasteiger partial charge in [0.2, 0.25) is 23.0 Å². The van der Waals surface area contributed by atoms with Crippen molar-refractivity contribution in [2.45, 2.75) is 96.7 Å². The molecule has 6 atom stereocenters. The van der Waals surface area contributed by atoms with E-state index in [0.717, 1.165) is 37.8 Å². The largest absolute Gasteiger partial charge is 0.481 e. The van der Waals surface area contributed by atoms with Gasteiger partial charge < -0.3 is 79.1 Å². The van der Waals surface area contributed by atoms with Crippen molar-refractivity contribution >= 4 is 77.5 Å². The molecule has 31 nitrogen and oxygen atoms in total. The van der Waals surface area contributed by atoms with Crippen LogP contribution >= 0.6 is 12.4 Å². The Labute approximate surface area is 717 Å². The van der Waals surface area contributed by atoms with Gasteiger partial charge in [0.05, 0.1) is 27.4 Å². The van der Waals surface area contributed by atoms with Crippen molar-refractivity contribution in [1.29, 1.82) is 0 Å². The number of aliphatic hydroxyl groups is 2. The van der Waals surface area contributed by atoms with Gasteiger partial charge in [-0.2, -0.15) is 0 Å². The maximum atomic E-state index is 14.2. The summed E-state index contributed by atoms with van der Waals surface area (Å²) in [6.07, 6.45) is -2.25. The van der Waals surface area contributed by atoms with Crippen molar-refractivity contribution in [3.05, 3.63) is 311 Å². The number of methoxy groups -OCH3 is 3. The molecule has 125 heavy (non-hydrogen) atoms. The van der Waals surface area contributed by atoms with Gasteiger partial charge >= 0.3 is 29.8 Å². The number of carboxylic acids is 3. The molecule has 12 aromatic rings. The Morgan fingerprint density at radius 2 is 0.640 bits per heavy atom. The van der Waals surface area contributed by atoms with Crippen LogP contribution in [-0.4, -0.2) is 168 Å². The molecule has 3 amide bonds. The number of hydrogen-bond acceptors (Lipinski definition) is 25. The van der Waals surface area contributed by atoms with E-state index in [1.54, 1.807) is 109 Å². The van der Waals surface area contributed by atoms with Crippen molar-refractivity contribution in [2.75, 3.05) is 21.3 Å². The summed E-state index contributed by atoms with van der Waals surface area (Å²) in [6.45, 7) is 7.13. The number of carbonyl (C=O) groups is 11. The Morgan fingerprint density at radius 1 is 0.376 bits per heavy atom. The first-order chi connectivity index (χ1) is 59.1. The monoisotopic (exact) mass is 1740 g/mol. The van der Waals surface area contributed by atoms with Gasteiger partial charge in [-0.15, -0.1) is 12.4 Å². The predicted molar refractivity (Wildman–Crippen MR) is 442 cm³/mol. The van der Waals surface area contributed by atoms with E-state index in [9.17, 15) is 75.7 Å². The van der Waals surface area contributed by atoms with E-state index in [1.807, 2.05) is 36.4 Å². The number of ketones is 2. The molecule has 0 aliphatic carbocycles. The standard InChI is InChI=1S/C22H21FN2O5.C22H19FN2O5.C21H17FN2O5.C11H8FNO3.C11H15NO3.C2H4O2.ClH/c2*1-13-24-18(15-10-6-7-11-16(15)23)20(30-13)21(27)25-17(19(26)22(28)29-2)12-14-8-4-3-5-9-14;1-12-23-17(14-9-5-6-10-15(14)22)19(29-12)20(26)24-16(18(25)21(27)28)11-13-7-3-2-4-8-13;1-6-13-9(10(16-6)11(14)15)7-4-2-3-5-8(7)12;1-15-11(14)10(13)9(12)7-8-5-3-2-4-6-8;1-2(3)4;/h3-11,17,19,26H,12H2,1-2H3,(H,25,27);3-11,17H,12H2,1-2H3,(H,25,27);2-10,16H,11H2,1H3,(H,24,26)(H,27,28);2-5H,1H3,(H,14,15);2-6,9-10,13H,7,12H2,1H3;1H3,(H,3,4);1H. The Hall–Kier alpha value is -14.9. The second-order valence-electron chi connectivity index (χ2n) is 26.4. The molecule has 0 saturated heterocycles. The number of nitrogens with one attached hydrogen (secondary N) is 3. The molecule has 4 heterocycles. The highest BCUT2D eigenvalue weighted by Crippen LogP contribution is 2.31. The topological polar surface area (TPSA) is 483 Å². The maximum Gasteiger partial charge on any atom is 0.376 e. The molecule has 0 saturated carbocycles. The number of nitrogens with two attached hydrogens (primary N) is 1. The fourth-order valence-electron chi connectivity index (χ4n) is 11.5. The minimum absolute atomic E-state index is 0. The molecular weight excluding hydrogens is 1660 g/mol. The van der Waals surface area contributed by atoms with Crippen LogP contribution in [0.4, 0.5) is 17.6 Å². The first-order valence-corrected chi connectivity index (χ1v) is 37.2. The molecule has 0 radical (unpaired) electrons. The summed E-state index contributed by atoms with van der Waals surface area (Å²) >= 11 is 0. The summed E-state index contributed by atoms with van der Waals surface area (Å²) in [5, 5.41) is 52.7.